The minimum absolute atomic E-state index is 0.0692. The van der Waals surface area contributed by atoms with E-state index in [1.165, 1.54) is 12.8 Å². The maximum Gasteiger partial charge on any atom is 0.179 e. The number of nitrogens with zero attached hydrogens (tertiary/aromatic N) is 1. The van der Waals surface area contributed by atoms with Crippen LogP contribution in [0.1, 0.15) is 30.1 Å². The summed E-state index contributed by atoms with van der Waals surface area (Å²) < 4.78 is 5.09. The molecule has 1 atom stereocenters. The fourth-order valence-electron chi connectivity index (χ4n) is 2.42. The number of carbonyl (C=O) groups is 1. The first kappa shape index (κ1) is 12.9. The summed E-state index contributed by atoms with van der Waals surface area (Å²) in [5.74, 6) is 0.742. The number of rotatable bonds is 4. The quantitative estimate of drug-likeness (QED) is 0.653. The van der Waals surface area contributed by atoms with E-state index in [0.717, 1.165) is 13.1 Å². The number of ether oxygens (including phenoxy) is 1. The Morgan fingerprint density at radius 3 is 2.61 bits per heavy atom. The summed E-state index contributed by atoms with van der Waals surface area (Å²) >= 11 is 0. The van der Waals surface area contributed by atoms with Gasteiger partial charge in [0.05, 0.1) is 18.8 Å². The zero-order chi connectivity index (χ0) is 13.1. The van der Waals surface area contributed by atoms with Gasteiger partial charge in [0, 0.05) is 5.56 Å². The molecule has 0 radical (unpaired) electrons. The number of nitrogen functional groups attached to an aromatic ring is 1. The molecule has 98 valence electrons. The highest BCUT2D eigenvalue weighted by atomic mass is 16.5. The summed E-state index contributed by atoms with van der Waals surface area (Å²) in [5.41, 5.74) is 7.00. The molecular formula is C14H20N2O2. The fraction of sp³-hybridized carbons (Fsp3) is 0.500. The van der Waals surface area contributed by atoms with Crippen LogP contribution in [0.3, 0.4) is 0 Å². The van der Waals surface area contributed by atoms with Crippen LogP contribution >= 0.6 is 0 Å². The minimum atomic E-state index is -0.0692. The number of nitrogens with two attached hydrogens (primary N) is 1. The van der Waals surface area contributed by atoms with E-state index >= 15 is 0 Å². The van der Waals surface area contributed by atoms with Gasteiger partial charge >= 0.3 is 0 Å². The topological polar surface area (TPSA) is 55.6 Å². The van der Waals surface area contributed by atoms with Gasteiger partial charge in [-0.25, -0.2) is 0 Å². The van der Waals surface area contributed by atoms with Crippen molar-refractivity contribution >= 4 is 11.5 Å². The lowest BCUT2D eigenvalue weighted by Gasteiger charge is -2.22. The van der Waals surface area contributed by atoms with Gasteiger partial charge in [-0.3, -0.25) is 9.69 Å². The number of carbonyl (C=O) groups excluding carboxylic acids is 1. The largest absolute Gasteiger partial charge is 0.495 e. The number of hydrogen-bond donors (Lipinski definition) is 1. The van der Waals surface area contributed by atoms with E-state index in [1.807, 2.05) is 6.92 Å². The van der Waals surface area contributed by atoms with Crippen molar-refractivity contribution in [3.05, 3.63) is 23.8 Å². The summed E-state index contributed by atoms with van der Waals surface area (Å²) in [4.78, 5) is 14.6. The van der Waals surface area contributed by atoms with Gasteiger partial charge in [0.15, 0.2) is 5.78 Å². The average molecular weight is 248 g/mol. The molecule has 1 aromatic rings. The maximum atomic E-state index is 12.3. The summed E-state index contributed by atoms with van der Waals surface area (Å²) in [6.07, 6.45) is 2.37. The second kappa shape index (κ2) is 5.40. The smallest absolute Gasteiger partial charge is 0.179 e. The molecule has 2 rings (SSSR count). The molecule has 2 N–H and O–H groups in total. The predicted octanol–water partition coefficient (Wildman–Crippen LogP) is 1.94. The van der Waals surface area contributed by atoms with Gasteiger partial charge in [-0.1, -0.05) is 0 Å². The molecule has 0 amide bonds. The highest BCUT2D eigenvalue weighted by molar-refractivity contribution is 6.00. The lowest BCUT2D eigenvalue weighted by molar-refractivity contribution is 0.0867. The van der Waals surface area contributed by atoms with Gasteiger partial charge in [0.1, 0.15) is 5.75 Å². The molecule has 4 heteroatoms. The molecule has 1 fully saturated rings. The lowest BCUT2D eigenvalue weighted by Crippen LogP contribution is -2.36. The van der Waals surface area contributed by atoms with Gasteiger partial charge in [-0.2, -0.15) is 0 Å². The number of ketones is 1. The SMILES string of the molecule is COc1ccc(C(=O)C(C)N2CCCC2)cc1N. The van der Waals surface area contributed by atoms with E-state index in [1.54, 1.807) is 25.3 Å². The normalized spacial score (nSPS) is 17.7. The second-order valence-corrected chi connectivity index (χ2v) is 4.74. The number of methoxy groups -OCH3 is 1. The molecular weight excluding hydrogens is 228 g/mol. The van der Waals surface area contributed by atoms with E-state index in [2.05, 4.69) is 4.90 Å². The van der Waals surface area contributed by atoms with Crippen molar-refractivity contribution in [2.24, 2.45) is 0 Å². The van der Waals surface area contributed by atoms with Crippen LogP contribution in [0.2, 0.25) is 0 Å². The van der Waals surface area contributed by atoms with Gasteiger partial charge in [0.2, 0.25) is 0 Å². The predicted molar refractivity (Wildman–Crippen MR) is 72.0 cm³/mol. The van der Waals surface area contributed by atoms with E-state index in [4.69, 9.17) is 10.5 Å². The Kier molecular flexibility index (Phi) is 3.87. The number of likely N-dealkylation sites (tertiary alicyclic amines) is 1. The first-order chi connectivity index (χ1) is 8.63. The molecule has 1 saturated heterocycles. The summed E-state index contributed by atoms with van der Waals surface area (Å²) in [6, 6.07) is 5.16. The molecule has 18 heavy (non-hydrogen) atoms. The molecule has 0 bridgehead atoms. The van der Waals surface area contributed by atoms with Crippen LogP contribution in [0, 0.1) is 0 Å². The second-order valence-electron chi connectivity index (χ2n) is 4.74. The van der Waals surface area contributed by atoms with Crippen LogP contribution < -0.4 is 10.5 Å². The highest BCUT2D eigenvalue weighted by Gasteiger charge is 2.25. The molecule has 1 unspecified atom stereocenters. The van der Waals surface area contributed by atoms with Gasteiger partial charge in [-0.05, 0) is 51.1 Å². The van der Waals surface area contributed by atoms with Crippen molar-refractivity contribution < 1.29 is 9.53 Å². The van der Waals surface area contributed by atoms with Crippen molar-refractivity contribution in [3.63, 3.8) is 0 Å². The van der Waals surface area contributed by atoms with Crippen molar-refractivity contribution in [1.29, 1.82) is 0 Å². The van der Waals surface area contributed by atoms with Gasteiger partial charge in [-0.15, -0.1) is 0 Å². The minimum Gasteiger partial charge on any atom is -0.495 e. The van der Waals surface area contributed by atoms with E-state index in [0.29, 0.717) is 17.0 Å². The Labute approximate surface area is 108 Å². The summed E-state index contributed by atoms with van der Waals surface area (Å²) in [6.45, 7) is 3.99. The maximum absolute atomic E-state index is 12.3. The summed E-state index contributed by atoms with van der Waals surface area (Å²) in [5, 5.41) is 0. The zero-order valence-electron chi connectivity index (χ0n) is 11.0. The average Bonchev–Trinajstić information content (AvgIpc) is 2.90. The molecule has 0 spiro atoms. The summed E-state index contributed by atoms with van der Waals surface area (Å²) in [7, 11) is 1.57. The Balaban J connectivity index is 2.15. The Morgan fingerprint density at radius 2 is 2.06 bits per heavy atom. The first-order valence-corrected chi connectivity index (χ1v) is 6.35. The van der Waals surface area contributed by atoms with Crippen LogP contribution in [0.4, 0.5) is 5.69 Å². The number of anilines is 1. The molecule has 0 aromatic heterocycles. The van der Waals surface area contributed by atoms with E-state index < -0.39 is 0 Å². The van der Waals surface area contributed by atoms with Gasteiger partial charge < -0.3 is 10.5 Å². The third-order valence-electron chi connectivity index (χ3n) is 3.58. The molecule has 1 aromatic carbocycles. The van der Waals surface area contributed by atoms with Crippen molar-refractivity contribution in [2.45, 2.75) is 25.8 Å². The first-order valence-electron chi connectivity index (χ1n) is 6.35. The van der Waals surface area contributed by atoms with Crippen LogP contribution in [0.5, 0.6) is 5.75 Å². The molecule has 0 saturated carbocycles. The third kappa shape index (κ3) is 2.48. The van der Waals surface area contributed by atoms with Gasteiger partial charge in [0.25, 0.3) is 0 Å². The van der Waals surface area contributed by atoms with Crippen LogP contribution in [-0.4, -0.2) is 36.9 Å². The molecule has 1 aliphatic heterocycles. The van der Waals surface area contributed by atoms with E-state index in [-0.39, 0.29) is 11.8 Å². The number of Topliss-reactive ketones (excluding diaryl/α,β-unsaturated/α-hetero) is 1. The Bertz CT molecular complexity index is 439. The van der Waals surface area contributed by atoms with Crippen molar-refractivity contribution in [3.8, 4) is 5.75 Å². The molecule has 1 aliphatic rings. The number of hydrogen-bond acceptors (Lipinski definition) is 4. The van der Waals surface area contributed by atoms with Crippen LogP contribution in [-0.2, 0) is 0 Å². The highest BCUT2D eigenvalue weighted by Crippen LogP contribution is 2.23. The van der Waals surface area contributed by atoms with Crippen molar-refractivity contribution in [1.82, 2.24) is 4.90 Å². The van der Waals surface area contributed by atoms with Crippen molar-refractivity contribution in [2.75, 3.05) is 25.9 Å². The Morgan fingerprint density at radius 1 is 1.39 bits per heavy atom. The van der Waals surface area contributed by atoms with E-state index in [9.17, 15) is 4.79 Å². The monoisotopic (exact) mass is 248 g/mol. The standard InChI is InChI=1S/C14H20N2O2/c1-10(16-7-3-4-8-16)14(17)11-5-6-13(18-2)12(15)9-11/h5-6,9-10H,3-4,7-8,15H2,1-2H3. The van der Waals surface area contributed by atoms with Crippen LogP contribution in [0.15, 0.2) is 18.2 Å². The number of benzene rings is 1. The molecule has 0 aliphatic carbocycles. The molecule has 1 heterocycles. The third-order valence-corrected chi connectivity index (χ3v) is 3.58. The molecule has 4 nitrogen and oxygen atoms in total. The lowest BCUT2D eigenvalue weighted by atomic mass is 10.0. The Hall–Kier alpha value is -1.55. The fourth-order valence-corrected chi connectivity index (χ4v) is 2.42. The van der Waals surface area contributed by atoms with Crippen LogP contribution in [0.25, 0.3) is 0 Å². The zero-order valence-corrected chi connectivity index (χ0v) is 11.0.